The third-order valence-corrected chi connectivity index (χ3v) is 2.98. The molecule has 0 aliphatic rings. The van der Waals surface area contributed by atoms with E-state index < -0.39 is 0 Å². The molecular weight excluding hydrogens is 270 g/mol. The van der Waals surface area contributed by atoms with Crippen LogP contribution in [0.25, 0.3) is 0 Å². The number of rotatable bonds is 11. The average molecular weight is 295 g/mol. The first-order chi connectivity index (χ1) is 10.2. The Hall–Kier alpha value is -1.63. The molecule has 0 aliphatic heterocycles. The van der Waals surface area contributed by atoms with Gasteiger partial charge in [-0.15, -0.1) is 0 Å². The first-order valence-electron chi connectivity index (χ1n) is 6.95. The molecule has 0 unspecified atom stereocenters. The summed E-state index contributed by atoms with van der Waals surface area (Å²) in [5.74, 6) is 0.0740. The van der Waals surface area contributed by atoms with Crippen LogP contribution < -0.4 is 10.6 Å². The van der Waals surface area contributed by atoms with Gasteiger partial charge in [-0.3, -0.25) is 5.41 Å². The van der Waals surface area contributed by atoms with E-state index in [1.165, 1.54) is 0 Å². The number of benzene rings is 1. The Morgan fingerprint density at radius 2 is 1.71 bits per heavy atom. The van der Waals surface area contributed by atoms with Gasteiger partial charge < -0.3 is 24.8 Å². The number of nitrogen functional groups attached to an aromatic ring is 1. The summed E-state index contributed by atoms with van der Waals surface area (Å²) in [7, 11) is 3.61. The van der Waals surface area contributed by atoms with Crippen molar-refractivity contribution in [1.29, 1.82) is 5.41 Å². The van der Waals surface area contributed by atoms with Crippen LogP contribution in [-0.2, 0) is 14.2 Å². The monoisotopic (exact) mass is 295 g/mol. The van der Waals surface area contributed by atoms with Gasteiger partial charge in [0.1, 0.15) is 5.84 Å². The summed E-state index contributed by atoms with van der Waals surface area (Å²) < 4.78 is 15.7. The van der Waals surface area contributed by atoms with E-state index in [1.807, 2.05) is 36.2 Å². The minimum absolute atomic E-state index is 0.0740. The minimum Gasteiger partial charge on any atom is -0.384 e. The summed E-state index contributed by atoms with van der Waals surface area (Å²) in [4.78, 5) is 2.03. The number of nitrogens with one attached hydrogen (secondary N) is 1. The molecule has 0 aromatic heterocycles. The van der Waals surface area contributed by atoms with Crippen LogP contribution in [0.3, 0.4) is 0 Å². The third-order valence-electron chi connectivity index (χ3n) is 2.98. The molecule has 0 amide bonds. The summed E-state index contributed by atoms with van der Waals surface area (Å²) >= 11 is 0. The molecule has 1 aromatic carbocycles. The van der Waals surface area contributed by atoms with Crippen molar-refractivity contribution in [1.82, 2.24) is 0 Å². The predicted molar refractivity (Wildman–Crippen MR) is 84.2 cm³/mol. The van der Waals surface area contributed by atoms with Crippen LogP contribution >= 0.6 is 0 Å². The summed E-state index contributed by atoms with van der Waals surface area (Å²) in [6.07, 6.45) is 0. The molecule has 0 heterocycles. The lowest BCUT2D eigenvalue weighted by atomic mass is 10.1. The molecule has 118 valence electrons. The highest BCUT2D eigenvalue weighted by atomic mass is 16.5. The molecule has 0 radical (unpaired) electrons. The molecule has 21 heavy (non-hydrogen) atoms. The van der Waals surface area contributed by atoms with E-state index >= 15 is 0 Å². The normalized spacial score (nSPS) is 10.6. The second kappa shape index (κ2) is 10.1. The van der Waals surface area contributed by atoms with Gasteiger partial charge in [0.05, 0.1) is 33.0 Å². The summed E-state index contributed by atoms with van der Waals surface area (Å²) in [6.45, 7) is 3.64. The van der Waals surface area contributed by atoms with Crippen LogP contribution in [0, 0.1) is 5.41 Å². The first kappa shape index (κ1) is 17.4. The maximum atomic E-state index is 7.59. The number of amidine groups is 1. The van der Waals surface area contributed by atoms with Gasteiger partial charge >= 0.3 is 0 Å². The molecular formula is C15H25N3O3. The van der Waals surface area contributed by atoms with Crippen molar-refractivity contribution in [2.24, 2.45) is 5.73 Å². The quantitative estimate of drug-likeness (QED) is 0.363. The van der Waals surface area contributed by atoms with E-state index in [9.17, 15) is 0 Å². The number of anilines is 1. The molecule has 6 nitrogen and oxygen atoms in total. The number of hydrogen-bond donors (Lipinski definition) is 2. The molecule has 0 fully saturated rings. The lowest BCUT2D eigenvalue weighted by Gasteiger charge is -2.22. The zero-order valence-electron chi connectivity index (χ0n) is 12.8. The van der Waals surface area contributed by atoms with Gasteiger partial charge in [0.15, 0.2) is 0 Å². The number of nitrogens with two attached hydrogens (primary N) is 1. The van der Waals surface area contributed by atoms with E-state index in [0.717, 1.165) is 17.8 Å². The van der Waals surface area contributed by atoms with Crippen LogP contribution in [0.15, 0.2) is 24.3 Å². The van der Waals surface area contributed by atoms with Crippen molar-refractivity contribution in [3.05, 3.63) is 29.8 Å². The zero-order valence-corrected chi connectivity index (χ0v) is 12.8. The van der Waals surface area contributed by atoms with Crippen LogP contribution in [0.4, 0.5) is 5.69 Å². The van der Waals surface area contributed by atoms with Crippen molar-refractivity contribution >= 4 is 11.5 Å². The predicted octanol–water partition coefficient (Wildman–Crippen LogP) is 1.09. The lowest BCUT2D eigenvalue weighted by Crippen LogP contribution is -2.26. The van der Waals surface area contributed by atoms with Crippen molar-refractivity contribution in [2.75, 3.05) is 58.6 Å². The van der Waals surface area contributed by atoms with Crippen molar-refractivity contribution in [3.63, 3.8) is 0 Å². The average Bonchev–Trinajstić information content (AvgIpc) is 2.49. The maximum absolute atomic E-state index is 7.59. The molecule has 6 heteroatoms. The fourth-order valence-electron chi connectivity index (χ4n) is 1.82. The number of methoxy groups -OCH3 is 1. The van der Waals surface area contributed by atoms with Gasteiger partial charge in [0.25, 0.3) is 0 Å². The molecule has 3 N–H and O–H groups in total. The molecule has 0 atom stereocenters. The molecule has 0 spiro atoms. The van der Waals surface area contributed by atoms with E-state index in [0.29, 0.717) is 33.0 Å². The molecule has 1 rings (SSSR count). The summed E-state index contributed by atoms with van der Waals surface area (Å²) in [6, 6.07) is 7.61. The number of hydrogen-bond acceptors (Lipinski definition) is 5. The van der Waals surface area contributed by atoms with Crippen LogP contribution in [-0.4, -0.2) is 59.6 Å². The fourth-order valence-corrected chi connectivity index (χ4v) is 1.82. The van der Waals surface area contributed by atoms with Crippen LogP contribution in [0.5, 0.6) is 0 Å². The Morgan fingerprint density at radius 1 is 1.10 bits per heavy atom. The van der Waals surface area contributed by atoms with Gasteiger partial charge in [0, 0.05) is 32.0 Å². The second-order valence-corrected chi connectivity index (χ2v) is 4.57. The van der Waals surface area contributed by atoms with Gasteiger partial charge in [-0.05, 0) is 12.1 Å². The second-order valence-electron chi connectivity index (χ2n) is 4.57. The van der Waals surface area contributed by atoms with Crippen molar-refractivity contribution in [3.8, 4) is 0 Å². The SMILES string of the molecule is COCCOCCOCCN(C)c1ccccc1C(=N)N. The molecule has 0 aliphatic carbocycles. The number of ether oxygens (including phenoxy) is 3. The number of nitrogens with zero attached hydrogens (tertiary/aromatic N) is 1. The van der Waals surface area contributed by atoms with Crippen LogP contribution in [0.1, 0.15) is 5.56 Å². The Balaban J connectivity index is 2.25. The fraction of sp³-hybridized carbons (Fsp3) is 0.533. The molecule has 0 bridgehead atoms. The Labute approximate surface area is 126 Å². The standard InChI is InChI=1S/C15H25N3O3/c1-18(7-8-20-11-12-21-10-9-19-2)14-6-4-3-5-13(14)15(16)17/h3-6H,7-12H2,1-2H3,(H3,16,17). The highest BCUT2D eigenvalue weighted by Gasteiger charge is 2.08. The Bertz CT molecular complexity index is 426. The van der Waals surface area contributed by atoms with Crippen LogP contribution in [0.2, 0.25) is 0 Å². The van der Waals surface area contributed by atoms with Gasteiger partial charge in [0.2, 0.25) is 0 Å². The largest absolute Gasteiger partial charge is 0.384 e. The molecule has 0 saturated carbocycles. The highest BCUT2D eigenvalue weighted by Crippen LogP contribution is 2.18. The van der Waals surface area contributed by atoms with Gasteiger partial charge in [-0.25, -0.2) is 0 Å². The Morgan fingerprint density at radius 3 is 2.38 bits per heavy atom. The van der Waals surface area contributed by atoms with E-state index in [2.05, 4.69) is 0 Å². The maximum Gasteiger partial charge on any atom is 0.124 e. The number of likely N-dealkylation sites (N-methyl/N-ethyl adjacent to an activating group) is 1. The van der Waals surface area contributed by atoms with Gasteiger partial charge in [-0.2, -0.15) is 0 Å². The van der Waals surface area contributed by atoms with E-state index in [-0.39, 0.29) is 5.84 Å². The van der Waals surface area contributed by atoms with E-state index in [1.54, 1.807) is 7.11 Å². The highest BCUT2D eigenvalue weighted by molar-refractivity contribution is 6.00. The third kappa shape index (κ3) is 6.57. The molecule has 1 aromatic rings. The molecule has 0 saturated heterocycles. The minimum atomic E-state index is 0.0740. The van der Waals surface area contributed by atoms with E-state index in [4.69, 9.17) is 25.4 Å². The zero-order chi connectivity index (χ0) is 15.5. The summed E-state index contributed by atoms with van der Waals surface area (Å²) in [5, 5.41) is 7.59. The van der Waals surface area contributed by atoms with Gasteiger partial charge in [-0.1, -0.05) is 12.1 Å². The lowest BCUT2D eigenvalue weighted by molar-refractivity contribution is 0.0266. The number of para-hydroxylation sites is 1. The van der Waals surface area contributed by atoms with Crippen molar-refractivity contribution in [2.45, 2.75) is 0 Å². The smallest absolute Gasteiger partial charge is 0.124 e. The first-order valence-corrected chi connectivity index (χ1v) is 6.95. The Kier molecular flexibility index (Phi) is 8.42. The van der Waals surface area contributed by atoms with Crippen molar-refractivity contribution < 1.29 is 14.2 Å². The summed E-state index contributed by atoms with van der Waals surface area (Å²) in [5.41, 5.74) is 7.26. The topological polar surface area (TPSA) is 80.8 Å².